The average Bonchev–Trinajstić information content (AvgIpc) is 2.70. The van der Waals surface area contributed by atoms with E-state index in [0.717, 1.165) is 31.2 Å². The predicted molar refractivity (Wildman–Crippen MR) is 109 cm³/mol. The molecule has 1 spiro atoms. The summed E-state index contributed by atoms with van der Waals surface area (Å²) >= 11 is 0. The molecule has 1 aromatic carbocycles. The zero-order chi connectivity index (χ0) is 19.0. The first-order valence-electron chi connectivity index (χ1n) is 9.76. The smallest absolute Gasteiger partial charge is 0.232 e. The number of anilines is 1. The predicted octanol–water partition coefficient (Wildman–Crippen LogP) is 3.57. The van der Waals surface area contributed by atoms with Crippen LogP contribution in [0.1, 0.15) is 43.2 Å². The number of hydrogen-bond acceptors (Lipinski definition) is 5. The summed E-state index contributed by atoms with van der Waals surface area (Å²) in [6.07, 6.45) is 7.61. The molecule has 6 heteroatoms. The lowest BCUT2D eigenvalue weighted by Gasteiger charge is -2.52. The maximum Gasteiger partial charge on any atom is 0.232 e. The molecule has 140 valence electrons. The Balaban J connectivity index is 1.69. The second kappa shape index (κ2) is 5.22. The summed E-state index contributed by atoms with van der Waals surface area (Å²) in [6, 6.07) is 7.72. The summed E-state index contributed by atoms with van der Waals surface area (Å²) in [4.78, 5) is 17.5. The molecule has 1 saturated carbocycles. The summed E-state index contributed by atoms with van der Waals surface area (Å²) in [5.74, 6) is 0.437. The van der Waals surface area contributed by atoms with Crippen molar-refractivity contribution in [2.45, 2.75) is 38.1 Å². The lowest BCUT2D eigenvalue weighted by molar-refractivity contribution is 0.0689. The van der Waals surface area contributed by atoms with E-state index >= 15 is 0 Å². The van der Waals surface area contributed by atoms with E-state index in [-0.39, 0.29) is 34.3 Å². The van der Waals surface area contributed by atoms with Crippen molar-refractivity contribution in [3.8, 4) is 0 Å². The third kappa shape index (κ3) is 2.00. The molecule has 6 nitrogen and oxygen atoms in total. The fraction of sp³-hybridized carbons (Fsp3) is 0.318. The topological polar surface area (TPSA) is 105 Å². The van der Waals surface area contributed by atoms with Crippen molar-refractivity contribution in [3.05, 3.63) is 51.7 Å². The van der Waals surface area contributed by atoms with Crippen molar-refractivity contribution in [2.75, 3.05) is 5.73 Å². The molecule has 2 atom stereocenters. The molecular weight excluding hydrogens is 352 g/mol. The SMILES string of the molecule is N=C1NC2CCC23CC=C(CC3)c2ccc3oc4nc(N)c1cc4c(=O)c3c2. The number of nitrogens with zero attached hydrogens (tertiary/aromatic N) is 1. The molecule has 6 bridgehead atoms. The van der Waals surface area contributed by atoms with Gasteiger partial charge in [-0.1, -0.05) is 12.1 Å². The van der Waals surface area contributed by atoms with Crippen LogP contribution in [0.25, 0.3) is 27.6 Å². The first-order chi connectivity index (χ1) is 13.5. The minimum atomic E-state index is -0.133. The highest BCUT2D eigenvalue weighted by Crippen LogP contribution is 2.52. The zero-order valence-corrected chi connectivity index (χ0v) is 15.3. The van der Waals surface area contributed by atoms with Gasteiger partial charge in [-0.25, -0.2) is 0 Å². The second-order valence-electron chi connectivity index (χ2n) is 8.32. The fourth-order valence-corrected chi connectivity index (χ4v) is 5.09. The minimum absolute atomic E-state index is 0.133. The minimum Gasteiger partial charge on any atom is -0.437 e. The summed E-state index contributed by atoms with van der Waals surface area (Å²) in [5, 5.41) is 12.9. The maximum atomic E-state index is 13.2. The molecule has 1 fully saturated rings. The van der Waals surface area contributed by atoms with Crippen molar-refractivity contribution in [1.82, 2.24) is 10.3 Å². The Hall–Kier alpha value is -3.15. The number of benzene rings is 1. The van der Waals surface area contributed by atoms with Crippen LogP contribution in [-0.4, -0.2) is 16.9 Å². The third-order valence-electron chi connectivity index (χ3n) is 6.97. The molecule has 4 heterocycles. The number of pyridine rings is 1. The van der Waals surface area contributed by atoms with Gasteiger partial charge < -0.3 is 15.5 Å². The molecule has 0 radical (unpaired) electrons. The van der Waals surface area contributed by atoms with E-state index in [2.05, 4.69) is 16.4 Å². The van der Waals surface area contributed by atoms with E-state index in [1.54, 1.807) is 6.07 Å². The number of nitrogens with two attached hydrogens (primary N) is 1. The largest absolute Gasteiger partial charge is 0.437 e. The number of fused-ring (bicyclic) bond motifs is 3. The average molecular weight is 372 g/mol. The Bertz CT molecular complexity index is 1290. The number of nitrogens with one attached hydrogen (secondary N) is 2. The normalized spacial score (nSPS) is 25.8. The van der Waals surface area contributed by atoms with Gasteiger partial charge in [0.05, 0.1) is 16.3 Å². The van der Waals surface area contributed by atoms with E-state index in [4.69, 9.17) is 15.6 Å². The van der Waals surface area contributed by atoms with E-state index < -0.39 is 0 Å². The standard InChI is InChI=1S/C22H20N4O2/c23-19-15-10-14-18(27)13-9-12(1-2-16(13)28-21(14)26-20(15)24)11-3-6-22(7-4-11)8-5-17(22)25-19/h1-3,9-10,17H,4-8H2,(H2,23,25)(H2,24,26). The van der Waals surface area contributed by atoms with Crippen LogP contribution in [0.4, 0.5) is 5.82 Å². The van der Waals surface area contributed by atoms with Gasteiger partial charge in [-0.05, 0) is 66.9 Å². The van der Waals surface area contributed by atoms with Crippen LogP contribution < -0.4 is 16.5 Å². The zero-order valence-electron chi connectivity index (χ0n) is 15.3. The van der Waals surface area contributed by atoms with Crippen molar-refractivity contribution in [2.24, 2.45) is 5.41 Å². The van der Waals surface area contributed by atoms with Gasteiger partial charge in [0.1, 0.15) is 17.2 Å². The van der Waals surface area contributed by atoms with E-state index in [1.165, 1.54) is 12.0 Å². The van der Waals surface area contributed by atoms with Crippen molar-refractivity contribution >= 4 is 39.3 Å². The Labute approximate surface area is 160 Å². The van der Waals surface area contributed by atoms with Crippen LogP contribution in [0, 0.1) is 10.8 Å². The first-order valence-corrected chi connectivity index (χ1v) is 9.76. The Kier molecular flexibility index (Phi) is 2.96. The third-order valence-corrected chi connectivity index (χ3v) is 6.97. The highest BCUT2D eigenvalue weighted by molar-refractivity contribution is 6.04. The van der Waals surface area contributed by atoms with Crippen LogP contribution >= 0.6 is 0 Å². The van der Waals surface area contributed by atoms with Gasteiger partial charge >= 0.3 is 0 Å². The number of amidine groups is 1. The summed E-state index contributed by atoms with van der Waals surface area (Å²) < 4.78 is 5.88. The molecule has 3 aromatic rings. The van der Waals surface area contributed by atoms with Crippen LogP contribution in [0.2, 0.25) is 0 Å². The Morgan fingerprint density at radius 3 is 2.89 bits per heavy atom. The molecule has 2 unspecified atom stereocenters. The van der Waals surface area contributed by atoms with Gasteiger partial charge in [-0.2, -0.15) is 4.98 Å². The summed E-state index contributed by atoms with van der Waals surface area (Å²) in [7, 11) is 0. The van der Waals surface area contributed by atoms with E-state index in [9.17, 15) is 4.79 Å². The van der Waals surface area contributed by atoms with Gasteiger partial charge in [-0.3, -0.25) is 10.2 Å². The lowest BCUT2D eigenvalue weighted by atomic mass is 9.57. The quantitative estimate of drug-likeness (QED) is 0.523. The fourth-order valence-electron chi connectivity index (χ4n) is 5.09. The molecule has 2 aromatic heterocycles. The van der Waals surface area contributed by atoms with Crippen molar-refractivity contribution in [3.63, 3.8) is 0 Å². The van der Waals surface area contributed by atoms with Gasteiger partial charge in [-0.15, -0.1) is 0 Å². The van der Waals surface area contributed by atoms with Crippen molar-refractivity contribution in [1.29, 1.82) is 5.41 Å². The van der Waals surface area contributed by atoms with Crippen LogP contribution in [0.5, 0.6) is 0 Å². The number of rotatable bonds is 0. The number of nitrogen functional groups attached to an aromatic ring is 1. The Morgan fingerprint density at radius 2 is 2.14 bits per heavy atom. The van der Waals surface area contributed by atoms with Crippen molar-refractivity contribution < 1.29 is 4.42 Å². The summed E-state index contributed by atoms with van der Waals surface area (Å²) in [5.41, 5.74) is 9.77. The monoisotopic (exact) mass is 372 g/mol. The van der Waals surface area contributed by atoms with Gasteiger partial charge in [0.2, 0.25) is 11.1 Å². The van der Waals surface area contributed by atoms with Gasteiger partial charge in [0, 0.05) is 6.04 Å². The van der Waals surface area contributed by atoms with Crippen LogP contribution in [0.15, 0.2) is 39.6 Å². The molecular formula is C22H20N4O2. The molecule has 0 amide bonds. The van der Waals surface area contributed by atoms with Crippen LogP contribution in [-0.2, 0) is 0 Å². The first kappa shape index (κ1) is 15.9. The maximum absolute atomic E-state index is 13.2. The number of aromatic nitrogens is 1. The number of hydrogen-bond donors (Lipinski definition) is 3. The molecule has 2 aliphatic heterocycles. The Morgan fingerprint density at radius 1 is 1.25 bits per heavy atom. The highest BCUT2D eigenvalue weighted by atomic mass is 16.3. The summed E-state index contributed by atoms with van der Waals surface area (Å²) in [6.45, 7) is 0. The van der Waals surface area contributed by atoms with Gasteiger partial charge in [0.15, 0.2) is 0 Å². The molecule has 28 heavy (non-hydrogen) atoms. The highest BCUT2D eigenvalue weighted by Gasteiger charge is 2.47. The second-order valence-corrected chi connectivity index (χ2v) is 8.32. The molecule has 4 N–H and O–H groups in total. The van der Waals surface area contributed by atoms with E-state index in [0.29, 0.717) is 21.9 Å². The van der Waals surface area contributed by atoms with E-state index in [1.807, 2.05) is 18.2 Å². The molecule has 2 aliphatic carbocycles. The molecule has 0 saturated heterocycles. The molecule has 4 aliphatic rings. The van der Waals surface area contributed by atoms with Gasteiger partial charge in [0.25, 0.3) is 0 Å². The lowest BCUT2D eigenvalue weighted by Crippen LogP contribution is -2.55. The number of allylic oxidation sites excluding steroid dienone is 2. The van der Waals surface area contributed by atoms with Crippen LogP contribution in [0.3, 0.4) is 0 Å². The molecule has 7 rings (SSSR count).